The summed E-state index contributed by atoms with van der Waals surface area (Å²) in [6.07, 6.45) is -1.26. The molecule has 2 atom stereocenters. The molecule has 186 valence electrons. The Bertz CT molecular complexity index is 1140. The number of alkyl halides is 2. The zero-order chi connectivity index (χ0) is 25.1. The molecule has 0 unspecified atom stereocenters. The first-order chi connectivity index (χ1) is 15.9. The number of amides is 1. The van der Waals surface area contributed by atoms with Crippen LogP contribution in [0.3, 0.4) is 0 Å². The Morgan fingerprint density at radius 1 is 1.21 bits per heavy atom. The van der Waals surface area contributed by atoms with Crippen LogP contribution < -0.4 is 17.3 Å². The van der Waals surface area contributed by atoms with Gasteiger partial charge in [-0.1, -0.05) is 18.9 Å². The molecule has 1 fully saturated rings. The number of ether oxygens (including phenoxy) is 2. The third kappa shape index (κ3) is 6.48. The summed E-state index contributed by atoms with van der Waals surface area (Å²) < 4.78 is 65.6. The van der Waals surface area contributed by atoms with Crippen LogP contribution in [-0.2, 0) is 14.8 Å². The fraction of sp³-hybridized carbons (Fsp3) is 0.409. The quantitative estimate of drug-likeness (QED) is 0.331. The van der Waals surface area contributed by atoms with Crippen molar-refractivity contribution in [1.29, 1.82) is 0 Å². The van der Waals surface area contributed by atoms with Crippen LogP contribution in [-0.4, -0.2) is 38.8 Å². The Kier molecular flexibility index (Phi) is 8.24. The van der Waals surface area contributed by atoms with Gasteiger partial charge in [-0.05, 0) is 37.1 Å². The topological polar surface area (TPSA) is 105 Å². The predicted octanol–water partition coefficient (Wildman–Crippen LogP) is 4.72. The molecule has 2 aromatic carbocycles. The average Bonchev–Trinajstić information content (AvgIpc) is 2.76. The molecule has 34 heavy (non-hydrogen) atoms. The first-order valence-corrected chi connectivity index (χ1v) is 12.9. The van der Waals surface area contributed by atoms with Crippen LogP contribution in [0.5, 0.6) is 11.5 Å². The first kappa shape index (κ1) is 26.4. The summed E-state index contributed by atoms with van der Waals surface area (Å²) in [4.78, 5) is 12.7. The number of aliphatic hydroxyl groups is 1. The SMILES string of the molecule is COc1cc(N(I)C(=O)[C@H]2CCCC[C@@H]2O)ccc1S(=O)(=O)Nc1cccc(OC(C)(F)F)c1. The summed E-state index contributed by atoms with van der Waals surface area (Å²) in [6, 6.07) is 9.32. The summed E-state index contributed by atoms with van der Waals surface area (Å²) in [5.74, 6) is -1.02. The van der Waals surface area contributed by atoms with Crippen LogP contribution in [0.25, 0.3) is 0 Å². The molecule has 2 N–H and O–H groups in total. The zero-order valence-electron chi connectivity index (χ0n) is 18.5. The normalized spacial score (nSPS) is 18.8. The van der Waals surface area contributed by atoms with Crippen molar-refractivity contribution >= 4 is 50.2 Å². The van der Waals surface area contributed by atoms with Gasteiger partial charge in [0.25, 0.3) is 10.0 Å². The largest absolute Gasteiger partial charge is 0.495 e. The van der Waals surface area contributed by atoms with E-state index in [1.807, 2.05) is 22.9 Å². The number of sulfonamides is 1. The van der Waals surface area contributed by atoms with Gasteiger partial charge in [0, 0.05) is 19.1 Å². The molecule has 3 rings (SSSR count). The van der Waals surface area contributed by atoms with E-state index in [4.69, 9.17) is 4.74 Å². The molecule has 2 aromatic rings. The number of hydrogen-bond acceptors (Lipinski definition) is 6. The van der Waals surface area contributed by atoms with Gasteiger partial charge in [0.1, 0.15) is 16.4 Å². The lowest BCUT2D eigenvalue weighted by Gasteiger charge is -2.29. The van der Waals surface area contributed by atoms with Gasteiger partial charge in [0.05, 0.1) is 53.4 Å². The lowest BCUT2D eigenvalue weighted by atomic mass is 9.86. The maximum absolute atomic E-state index is 13.1. The van der Waals surface area contributed by atoms with Crippen molar-refractivity contribution in [3.63, 3.8) is 0 Å². The highest BCUT2D eigenvalue weighted by Gasteiger charge is 2.33. The lowest BCUT2D eigenvalue weighted by Crippen LogP contribution is -2.38. The second kappa shape index (κ2) is 10.6. The van der Waals surface area contributed by atoms with E-state index in [-0.39, 0.29) is 28.0 Å². The average molecular weight is 610 g/mol. The number of methoxy groups -OCH3 is 1. The molecule has 0 saturated heterocycles. The monoisotopic (exact) mass is 610 g/mol. The van der Waals surface area contributed by atoms with Gasteiger partial charge >= 0.3 is 6.11 Å². The van der Waals surface area contributed by atoms with E-state index in [0.717, 1.165) is 18.9 Å². The highest BCUT2D eigenvalue weighted by atomic mass is 127. The molecule has 0 spiro atoms. The molecule has 1 aliphatic carbocycles. The highest BCUT2D eigenvalue weighted by molar-refractivity contribution is 14.1. The summed E-state index contributed by atoms with van der Waals surface area (Å²) in [5, 5.41) is 10.2. The van der Waals surface area contributed by atoms with E-state index in [1.54, 1.807) is 0 Å². The summed E-state index contributed by atoms with van der Waals surface area (Å²) in [6.45, 7) is 0.576. The number of benzene rings is 2. The van der Waals surface area contributed by atoms with Crippen molar-refractivity contribution < 1.29 is 36.6 Å². The molecular weight excluding hydrogens is 585 g/mol. The maximum Gasteiger partial charge on any atom is 0.394 e. The van der Waals surface area contributed by atoms with Gasteiger partial charge in [-0.3, -0.25) is 12.6 Å². The van der Waals surface area contributed by atoms with Crippen LogP contribution >= 0.6 is 22.9 Å². The number of nitrogens with one attached hydrogen (secondary N) is 1. The summed E-state index contributed by atoms with van der Waals surface area (Å²) >= 11 is 1.82. The molecular formula is C22H25F2IN2O6S. The summed E-state index contributed by atoms with van der Waals surface area (Å²) in [7, 11) is -2.88. The minimum absolute atomic E-state index is 0.0174. The Labute approximate surface area is 210 Å². The molecule has 1 saturated carbocycles. The molecule has 0 radical (unpaired) electrons. The summed E-state index contributed by atoms with van der Waals surface area (Å²) in [5.41, 5.74) is 0.407. The molecule has 12 heteroatoms. The molecule has 0 aromatic heterocycles. The number of anilines is 2. The maximum atomic E-state index is 13.1. The number of nitrogens with zero attached hydrogens (tertiary/aromatic N) is 1. The molecule has 1 aliphatic rings. The number of hydrogen-bond donors (Lipinski definition) is 2. The van der Waals surface area contributed by atoms with Gasteiger partial charge in [-0.2, -0.15) is 8.78 Å². The zero-order valence-corrected chi connectivity index (χ0v) is 21.5. The fourth-order valence-corrected chi connectivity index (χ4v) is 5.57. The van der Waals surface area contributed by atoms with Crippen LogP contribution in [0.15, 0.2) is 47.4 Å². The van der Waals surface area contributed by atoms with Crippen molar-refractivity contribution in [2.45, 2.75) is 49.7 Å². The fourth-order valence-electron chi connectivity index (χ4n) is 3.71. The van der Waals surface area contributed by atoms with Crippen LogP contribution in [0.2, 0.25) is 0 Å². The third-order valence-electron chi connectivity index (χ3n) is 5.29. The molecule has 0 bridgehead atoms. The van der Waals surface area contributed by atoms with Crippen molar-refractivity contribution in [2.24, 2.45) is 5.92 Å². The Balaban J connectivity index is 1.83. The smallest absolute Gasteiger partial charge is 0.394 e. The highest BCUT2D eigenvalue weighted by Crippen LogP contribution is 2.35. The van der Waals surface area contributed by atoms with Crippen LogP contribution in [0.4, 0.5) is 20.2 Å². The van der Waals surface area contributed by atoms with E-state index in [0.29, 0.717) is 25.5 Å². The minimum Gasteiger partial charge on any atom is -0.495 e. The van der Waals surface area contributed by atoms with Gasteiger partial charge < -0.3 is 14.6 Å². The number of carbonyl (C=O) groups is 1. The molecule has 0 heterocycles. The van der Waals surface area contributed by atoms with Gasteiger partial charge in [0.15, 0.2) is 0 Å². The Morgan fingerprint density at radius 3 is 2.56 bits per heavy atom. The number of halogens is 3. The van der Waals surface area contributed by atoms with E-state index in [2.05, 4.69) is 9.46 Å². The predicted molar refractivity (Wildman–Crippen MR) is 131 cm³/mol. The van der Waals surface area contributed by atoms with Crippen molar-refractivity contribution in [3.05, 3.63) is 42.5 Å². The standard InChI is InChI=1S/C22H25F2IN2O6S/c1-22(23,24)33-16-7-5-6-14(12-16)26-34(30,31)20-11-10-15(13-19(20)32-2)27(25)21(29)17-8-3-4-9-18(17)28/h5-7,10-13,17-18,26,28H,3-4,8-9H2,1-2H3/t17-,18-/m0/s1. The van der Waals surface area contributed by atoms with E-state index in [9.17, 15) is 27.1 Å². The number of aliphatic hydroxyl groups excluding tert-OH is 1. The Morgan fingerprint density at radius 2 is 1.91 bits per heavy atom. The van der Waals surface area contributed by atoms with Gasteiger partial charge in [0.2, 0.25) is 5.91 Å². The lowest BCUT2D eigenvalue weighted by molar-refractivity contribution is -0.158. The third-order valence-corrected chi connectivity index (χ3v) is 7.74. The first-order valence-electron chi connectivity index (χ1n) is 10.5. The second-order valence-electron chi connectivity index (χ2n) is 7.96. The van der Waals surface area contributed by atoms with E-state index >= 15 is 0 Å². The molecule has 1 amide bonds. The second-order valence-corrected chi connectivity index (χ2v) is 10.6. The van der Waals surface area contributed by atoms with E-state index < -0.39 is 28.2 Å². The minimum atomic E-state index is -4.17. The van der Waals surface area contributed by atoms with Crippen molar-refractivity contribution in [1.82, 2.24) is 0 Å². The van der Waals surface area contributed by atoms with Crippen LogP contribution in [0.1, 0.15) is 32.6 Å². The van der Waals surface area contributed by atoms with Crippen LogP contribution in [0, 0.1) is 5.92 Å². The number of carbonyl (C=O) groups excluding carboxylic acids is 1. The van der Waals surface area contributed by atoms with Gasteiger partial charge in [-0.25, -0.2) is 8.42 Å². The van der Waals surface area contributed by atoms with E-state index in [1.165, 1.54) is 46.6 Å². The Hall–Kier alpha value is -2.19. The van der Waals surface area contributed by atoms with Crippen molar-refractivity contribution in [2.75, 3.05) is 14.9 Å². The number of rotatable bonds is 8. The molecule has 8 nitrogen and oxygen atoms in total. The van der Waals surface area contributed by atoms with Crippen molar-refractivity contribution in [3.8, 4) is 11.5 Å². The molecule has 0 aliphatic heterocycles. The van der Waals surface area contributed by atoms with Gasteiger partial charge in [-0.15, -0.1) is 0 Å².